The molecule has 0 saturated heterocycles. The van der Waals surface area contributed by atoms with Gasteiger partial charge in [0, 0.05) is 19.0 Å². The summed E-state index contributed by atoms with van der Waals surface area (Å²) in [5, 5.41) is 7.62. The molecule has 4 heteroatoms. The summed E-state index contributed by atoms with van der Waals surface area (Å²) in [7, 11) is 0. The summed E-state index contributed by atoms with van der Waals surface area (Å²) in [6.07, 6.45) is 3.40. The lowest BCUT2D eigenvalue weighted by atomic mass is 9.84. The standard InChI is InChI=1S/C16H21N3O/c1-16(2,12-6-4-3-5-7-12)15-18-14(20-19-15)10-11-17-13-8-9-13/h3-7,13,17H,8-11H2,1-2H3. The van der Waals surface area contributed by atoms with Crippen LogP contribution in [0, 0.1) is 0 Å². The summed E-state index contributed by atoms with van der Waals surface area (Å²) in [4.78, 5) is 4.56. The lowest BCUT2D eigenvalue weighted by Crippen LogP contribution is -2.21. The first-order chi connectivity index (χ1) is 9.66. The first-order valence-corrected chi connectivity index (χ1v) is 7.28. The van der Waals surface area contributed by atoms with E-state index < -0.39 is 0 Å². The van der Waals surface area contributed by atoms with Crippen LogP contribution in [0.15, 0.2) is 34.9 Å². The van der Waals surface area contributed by atoms with Crippen LogP contribution in [-0.4, -0.2) is 22.7 Å². The monoisotopic (exact) mass is 271 g/mol. The highest BCUT2D eigenvalue weighted by Gasteiger charge is 2.28. The van der Waals surface area contributed by atoms with Gasteiger partial charge in [-0.15, -0.1) is 0 Å². The maximum Gasteiger partial charge on any atom is 0.227 e. The molecule has 0 unspecified atom stereocenters. The minimum atomic E-state index is -0.229. The third kappa shape index (κ3) is 2.90. The molecule has 1 heterocycles. The van der Waals surface area contributed by atoms with E-state index in [0.717, 1.165) is 30.7 Å². The van der Waals surface area contributed by atoms with Gasteiger partial charge in [0.15, 0.2) is 5.82 Å². The van der Waals surface area contributed by atoms with Crippen molar-refractivity contribution in [3.63, 3.8) is 0 Å². The van der Waals surface area contributed by atoms with Crippen molar-refractivity contribution in [2.75, 3.05) is 6.54 Å². The van der Waals surface area contributed by atoms with Gasteiger partial charge < -0.3 is 9.84 Å². The van der Waals surface area contributed by atoms with E-state index in [4.69, 9.17) is 4.52 Å². The van der Waals surface area contributed by atoms with E-state index in [1.807, 2.05) is 18.2 Å². The number of aromatic nitrogens is 2. The Kier molecular flexibility index (Phi) is 3.57. The quantitative estimate of drug-likeness (QED) is 0.877. The fourth-order valence-corrected chi connectivity index (χ4v) is 2.26. The predicted octanol–water partition coefficient (Wildman–Crippen LogP) is 2.69. The number of rotatable bonds is 6. The molecular weight excluding hydrogens is 250 g/mol. The largest absolute Gasteiger partial charge is 0.339 e. The molecule has 1 aromatic heterocycles. The zero-order chi connectivity index (χ0) is 14.0. The second kappa shape index (κ2) is 5.37. The number of hydrogen-bond acceptors (Lipinski definition) is 4. The van der Waals surface area contributed by atoms with Crippen LogP contribution >= 0.6 is 0 Å². The summed E-state index contributed by atoms with van der Waals surface area (Å²) in [5.41, 5.74) is 0.968. The van der Waals surface area contributed by atoms with Gasteiger partial charge in [0.1, 0.15) is 0 Å². The Morgan fingerprint density at radius 2 is 2.00 bits per heavy atom. The van der Waals surface area contributed by atoms with E-state index in [1.165, 1.54) is 18.4 Å². The van der Waals surface area contributed by atoms with Crippen molar-refractivity contribution in [3.8, 4) is 0 Å². The van der Waals surface area contributed by atoms with Crippen LogP contribution in [-0.2, 0) is 11.8 Å². The van der Waals surface area contributed by atoms with Gasteiger partial charge in [-0.3, -0.25) is 0 Å². The topological polar surface area (TPSA) is 51.0 Å². The zero-order valence-electron chi connectivity index (χ0n) is 12.1. The van der Waals surface area contributed by atoms with Crippen LogP contribution in [0.1, 0.15) is 44.0 Å². The van der Waals surface area contributed by atoms with Gasteiger partial charge in [-0.05, 0) is 32.3 Å². The SMILES string of the molecule is CC(C)(c1ccccc1)c1noc(CCNC2CC2)n1. The van der Waals surface area contributed by atoms with Gasteiger partial charge in [0.25, 0.3) is 0 Å². The van der Waals surface area contributed by atoms with Crippen molar-refractivity contribution in [1.29, 1.82) is 0 Å². The van der Waals surface area contributed by atoms with E-state index in [9.17, 15) is 0 Å². The molecule has 0 radical (unpaired) electrons. The fraction of sp³-hybridized carbons (Fsp3) is 0.500. The molecule has 4 nitrogen and oxygen atoms in total. The number of benzene rings is 1. The molecule has 3 rings (SSSR count). The first kappa shape index (κ1) is 13.3. The Morgan fingerprint density at radius 3 is 2.70 bits per heavy atom. The maximum atomic E-state index is 5.37. The lowest BCUT2D eigenvalue weighted by Gasteiger charge is -2.20. The average molecular weight is 271 g/mol. The summed E-state index contributed by atoms with van der Waals surface area (Å²) < 4.78 is 5.37. The normalized spacial score (nSPS) is 15.5. The first-order valence-electron chi connectivity index (χ1n) is 7.28. The molecule has 0 spiro atoms. The smallest absolute Gasteiger partial charge is 0.227 e. The molecule has 1 aliphatic carbocycles. The molecule has 0 amide bonds. The second-order valence-electron chi connectivity index (χ2n) is 5.98. The highest BCUT2D eigenvalue weighted by molar-refractivity contribution is 5.30. The third-order valence-corrected chi connectivity index (χ3v) is 3.87. The van der Waals surface area contributed by atoms with Gasteiger partial charge in [-0.1, -0.05) is 35.5 Å². The number of nitrogens with zero attached hydrogens (tertiary/aromatic N) is 2. The van der Waals surface area contributed by atoms with Gasteiger partial charge >= 0.3 is 0 Å². The molecule has 1 aromatic carbocycles. The van der Waals surface area contributed by atoms with E-state index >= 15 is 0 Å². The zero-order valence-corrected chi connectivity index (χ0v) is 12.1. The second-order valence-corrected chi connectivity index (χ2v) is 5.98. The van der Waals surface area contributed by atoms with Crippen molar-refractivity contribution in [3.05, 3.63) is 47.6 Å². The van der Waals surface area contributed by atoms with Crippen LogP contribution in [0.4, 0.5) is 0 Å². The van der Waals surface area contributed by atoms with E-state index in [2.05, 4.69) is 41.4 Å². The number of hydrogen-bond donors (Lipinski definition) is 1. The fourth-order valence-electron chi connectivity index (χ4n) is 2.26. The summed E-state index contributed by atoms with van der Waals surface area (Å²) in [5.74, 6) is 1.47. The van der Waals surface area contributed by atoms with Crippen molar-refractivity contribution >= 4 is 0 Å². The predicted molar refractivity (Wildman–Crippen MR) is 77.6 cm³/mol. The van der Waals surface area contributed by atoms with E-state index in [0.29, 0.717) is 0 Å². The molecule has 2 aromatic rings. The Labute approximate surface area is 119 Å². The average Bonchev–Trinajstić information content (AvgIpc) is 3.15. The summed E-state index contributed by atoms with van der Waals surface area (Å²) >= 11 is 0. The minimum Gasteiger partial charge on any atom is -0.339 e. The molecule has 0 atom stereocenters. The van der Waals surface area contributed by atoms with Crippen LogP contribution < -0.4 is 5.32 Å². The molecule has 0 bridgehead atoms. The molecule has 1 saturated carbocycles. The Bertz CT molecular complexity index is 558. The Morgan fingerprint density at radius 1 is 1.25 bits per heavy atom. The highest BCUT2D eigenvalue weighted by atomic mass is 16.5. The number of nitrogens with one attached hydrogen (secondary N) is 1. The van der Waals surface area contributed by atoms with Gasteiger partial charge in [0.2, 0.25) is 5.89 Å². The van der Waals surface area contributed by atoms with Crippen molar-refractivity contribution in [2.24, 2.45) is 0 Å². The van der Waals surface area contributed by atoms with Crippen LogP contribution in [0.2, 0.25) is 0 Å². The lowest BCUT2D eigenvalue weighted by molar-refractivity contribution is 0.363. The molecule has 0 aliphatic heterocycles. The van der Waals surface area contributed by atoms with Crippen molar-refractivity contribution in [1.82, 2.24) is 15.5 Å². The minimum absolute atomic E-state index is 0.229. The Balaban J connectivity index is 1.68. The molecule has 1 fully saturated rings. The molecule has 1 aliphatic rings. The van der Waals surface area contributed by atoms with Crippen LogP contribution in [0.3, 0.4) is 0 Å². The maximum absolute atomic E-state index is 5.37. The third-order valence-electron chi connectivity index (χ3n) is 3.87. The Hall–Kier alpha value is -1.68. The van der Waals surface area contributed by atoms with Gasteiger partial charge in [-0.2, -0.15) is 4.98 Å². The molecule has 20 heavy (non-hydrogen) atoms. The van der Waals surface area contributed by atoms with Crippen molar-refractivity contribution in [2.45, 2.75) is 44.6 Å². The van der Waals surface area contributed by atoms with Crippen LogP contribution in [0.25, 0.3) is 0 Å². The van der Waals surface area contributed by atoms with Crippen LogP contribution in [0.5, 0.6) is 0 Å². The van der Waals surface area contributed by atoms with E-state index in [1.54, 1.807) is 0 Å². The molecule has 106 valence electrons. The highest BCUT2D eigenvalue weighted by Crippen LogP contribution is 2.29. The van der Waals surface area contributed by atoms with Gasteiger partial charge in [0.05, 0.1) is 5.41 Å². The van der Waals surface area contributed by atoms with E-state index in [-0.39, 0.29) is 5.41 Å². The van der Waals surface area contributed by atoms with Gasteiger partial charge in [-0.25, -0.2) is 0 Å². The molecular formula is C16H21N3O. The summed E-state index contributed by atoms with van der Waals surface area (Å²) in [6.45, 7) is 5.16. The molecule has 1 N–H and O–H groups in total. The summed E-state index contributed by atoms with van der Waals surface area (Å²) in [6, 6.07) is 11.0. The van der Waals surface area contributed by atoms with Crippen molar-refractivity contribution < 1.29 is 4.52 Å².